The summed E-state index contributed by atoms with van der Waals surface area (Å²) in [6, 6.07) is 16.4. The Morgan fingerprint density at radius 1 is 1.21 bits per heavy atom. The third-order valence-corrected chi connectivity index (χ3v) is 3.36. The van der Waals surface area contributed by atoms with Gasteiger partial charge >= 0.3 is 0 Å². The van der Waals surface area contributed by atoms with Gasteiger partial charge in [0.1, 0.15) is 24.7 Å². The van der Waals surface area contributed by atoms with Crippen molar-refractivity contribution < 1.29 is 9.47 Å². The molecule has 3 nitrogen and oxygen atoms in total. The van der Waals surface area contributed by atoms with Crippen LogP contribution in [0.4, 0.5) is 0 Å². The standard InChI is InChI=1S/C16H17NO2/c1-17-15-11-19-16-8-7-13(9-14(15)16)18-10-12-5-3-2-4-6-12/h2-9,15,17H,10-11H2,1H3. The number of hydrogen-bond acceptors (Lipinski definition) is 3. The summed E-state index contributed by atoms with van der Waals surface area (Å²) >= 11 is 0. The molecule has 1 N–H and O–H groups in total. The van der Waals surface area contributed by atoms with Gasteiger partial charge in [-0.15, -0.1) is 0 Å². The Labute approximate surface area is 113 Å². The fourth-order valence-corrected chi connectivity index (χ4v) is 2.26. The summed E-state index contributed by atoms with van der Waals surface area (Å²) in [7, 11) is 1.95. The van der Waals surface area contributed by atoms with Crippen molar-refractivity contribution in [3.63, 3.8) is 0 Å². The van der Waals surface area contributed by atoms with E-state index >= 15 is 0 Å². The fraction of sp³-hybridized carbons (Fsp3) is 0.250. The predicted molar refractivity (Wildman–Crippen MR) is 74.5 cm³/mol. The second-order valence-corrected chi connectivity index (χ2v) is 4.63. The summed E-state index contributed by atoms with van der Waals surface area (Å²) in [5.41, 5.74) is 2.34. The van der Waals surface area contributed by atoms with Crippen LogP contribution in [0.1, 0.15) is 17.2 Å². The molecule has 0 saturated heterocycles. The Morgan fingerprint density at radius 2 is 2.05 bits per heavy atom. The van der Waals surface area contributed by atoms with Crippen molar-refractivity contribution in [3.05, 3.63) is 59.7 Å². The zero-order valence-corrected chi connectivity index (χ0v) is 10.9. The molecule has 0 radical (unpaired) electrons. The van der Waals surface area contributed by atoms with Gasteiger partial charge in [-0.3, -0.25) is 0 Å². The zero-order chi connectivity index (χ0) is 13.1. The molecule has 0 aliphatic carbocycles. The lowest BCUT2D eigenvalue weighted by atomic mass is 10.1. The first-order valence-corrected chi connectivity index (χ1v) is 6.47. The Bertz CT molecular complexity index is 554. The first-order valence-electron chi connectivity index (χ1n) is 6.47. The van der Waals surface area contributed by atoms with E-state index in [0.29, 0.717) is 13.2 Å². The van der Waals surface area contributed by atoms with Crippen molar-refractivity contribution in [2.24, 2.45) is 0 Å². The SMILES string of the molecule is CNC1COc2ccc(OCc3ccccc3)cc21. The van der Waals surface area contributed by atoms with Gasteiger partial charge in [-0.05, 0) is 30.8 Å². The van der Waals surface area contributed by atoms with Crippen molar-refractivity contribution in [3.8, 4) is 11.5 Å². The Kier molecular flexibility index (Phi) is 3.38. The fourth-order valence-electron chi connectivity index (χ4n) is 2.26. The van der Waals surface area contributed by atoms with Crippen LogP contribution in [-0.2, 0) is 6.61 Å². The molecule has 3 heteroatoms. The number of benzene rings is 2. The molecule has 0 fully saturated rings. The van der Waals surface area contributed by atoms with Gasteiger partial charge in [0.25, 0.3) is 0 Å². The zero-order valence-electron chi connectivity index (χ0n) is 10.9. The van der Waals surface area contributed by atoms with E-state index in [1.54, 1.807) is 0 Å². The van der Waals surface area contributed by atoms with Gasteiger partial charge in [0.2, 0.25) is 0 Å². The summed E-state index contributed by atoms with van der Waals surface area (Å²) in [5, 5.41) is 3.24. The molecule has 0 saturated carbocycles. The van der Waals surface area contributed by atoms with E-state index in [1.165, 1.54) is 11.1 Å². The van der Waals surface area contributed by atoms with Gasteiger partial charge in [0.05, 0.1) is 6.04 Å². The lowest BCUT2D eigenvalue weighted by molar-refractivity contribution is 0.305. The monoisotopic (exact) mass is 255 g/mol. The molecule has 0 spiro atoms. The molecular formula is C16H17NO2. The molecule has 0 amide bonds. The molecule has 2 aromatic rings. The van der Waals surface area contributed by atoms with E-state index in [9.17, 15) is 0 Å². The maximum absolute atomic E-state index is 5.83. The van der Waals surface area contributed by atoms with Crippen LogP contribution in [0.25, 0.3) is 0 Å². The summed E-state index contributed by atoms with van der Waals surface area (Å²) in [4.78, 5) is 0. The third kappa shape index (κ3) is 2.56. The number of hydrogen-bond donors (Lipinski definition) is 1. The van der Waals surface area contributed by atoms with Gasteiger partial charge in [0.15, 0.2) is 0 Å². The minimum Gasteiger partial charge on any atom is -0.491 e. The number of fused-ring (bicyclic) bond motifs is 1. The average Bonchev–Trinajstić information content (AvgIpc) is 2.88. The lowest BCUT2D eigenvalue weighted by Crippen LogP contribution is -2.17. The molecule has 3 rings (SSSR count). The van der Waals surface area contributed by atoms with E-state index in [4.69, 9.17) is 9.47 Å². The molecule has 98 valence electrons. The van der Waals surface area contributed by atoms with Gasteiger partial charge in [0, 0.05) is 5.56 Å². The van der Waals surface area contributed by atoms with Crippen molar-refractivity contribution in [1.82, 2.24) is 5.32 Å². The van der Waals surface area contributed by atoms with Gasteiger partial charge in [-0.2, -0.15) is 0 Å². The molecule has 1 aliphatic rings. The van der Waals surface area contributed by atoms with Crippen LogP contribution >= 0.6 is 0 Å². The molecule has 1 unspecified atom stereocenters. The molecule has 1 atom stereocenters. The van der Waals surface area contributed by atoms with Crippen molar-refractivity contribution in [2.45, 2.75) is 12.6 Å². The van der Waals surface area contributed by atoms with Crippen LogP contribution in [-0.4, -0.2) is 13.7 Å². The number of ether oxygens (including phenoxy) is 2. The van der Waals surface area contributed by atoms with Crippen LogP contribution in [0, 0.1) is 0 Å². The van der Waals surface area contributed by atoms with Crippen molar-refractivity contribution >= 4 is 0 Å². The normalized spacial score (nSPS) is 16.8. The largest absolute Gasteiger partial charge is 0.491 e. The molecule has 0 aromatic heterocycles. The first kappa shape index (κ1) is 12.1. The highest BCUT2D eigenvalue weighted by atomic mass is 16.5. The van der Waals surface area contributed by atoms with Gasteiger partial charge in [-0.1, -0.05) is 30.3 Å². The minimum atomic E-state index is 0.260. The Morgan fingerprint density at radius 3 is 2.84 bits per heavy atom. The van der Waals surface area contributed by atoms with Gasteiger partial charge < -0.3 is 14.8 Å². The van der Waals surface area contributed by atoms with Crippen LogP contribution in [0.5, 0.6) is 11.5 Å². The van der Waals surface area contributed by atoms with E-state index < -0.39 is 0 Å². The second-order valence-electron chi connectivity index (χ2n) is 4.63. The molecule has 0 bridgehead atoms. The number of likely N-dealkylation sites (N-methyl/N-ethyl adjacent to an activating group) is 1. The highest BCUT2D eigenvalue weighted by molar-refractivity contribution is 5.44. The maximum atomic E-state index is 5.83. The Balaban J connectivity index is 1.72. The molecule has 2 aromatic carbocycles. The summed E-state index contributed by atoms with van der Waals surface area (Å²) in [5.74, 6) is 1.83. The highest BCUT2D eigenvalue weighted by Crippen LogP contribution is 2.34. The summed E-state index contributed by atoms with van der Waals surface area (Å²) < 4.78 is 11.4. The molecule has 1 aliphatic heterocycles. The van der Waals surface area contributed by atoms with E-state index in [-0.39, 0.29) is 6.04 Å². The lowest BCUT2D eigenvalue weighted by Gasteiger charge is -2.10. The Hall–Kier alpha value is -2.00. The highest BCUT2D eigenvalue weighted by Gasteiger charge is 2.22. The van der Waals surface area contributed by atoms with Crippen molar-refractivity contribution in [1.29, 1.82) is 0 Å². The quantitative estimate of drug-likeness (QED) is 0.911. The minimum absolute atomic E-state index is 0.260. The van der Waals surface area contributed by atoms with E-state index in [1.807, 2.05) is 37.4 Å². The topological polar surface area (TPSA) is 30.5 Å². The van der Waals surface area contributed by atoms with E-state index in [2.05, 4.69) is 23.5 Å². The summed E-state index contributed by atoms with van der Waals surface area (Å²) in [6.07, 6.45) is 0. The molecule has 19 heavy (non-hydrogen) atoms. The van der Waals surface area contributed by atoms with Crippen LogP contribution in [0.2, 0.25) is 0 Å². The summed E-state index contributed by atoms with van der Waals surface area (Å²) in [6.45, 7) is 1.28. The number of nitrogens with one attached hydrogen (secondary N) is 1. The smallest absolute Gasteiger partial charge is 0.124 e. The first-order chi connectivity index (χ1) is 9.36. The maximum Gasteiger partial charge on any atom is 0.124 e. The van der Waals surface area contributed by atoms with Crippen LogP contribution in [0.15, 0.2) is 48.5 Å². The average molecular weight is 255 g/mol. The second kappa shape index (κ2) is 5.33. The third-order valence-electron chi connectivity index (χ3n) is 3.36. The van der Waals surface area contributed by atoms with Crippen molar-refractivity contribution in [2.75, 3.05) is 13.7 Å². The molecular weight excluding hydrogens is 238 g/mol. The molecule has 1 heterocycles. The van der Waals surface area contributed by atoms with Crippen LogP contribution < -0.4 is 14.8 Å². The van der Waals surface area contributed by atoms with E-state index in [0.717, 1.165) is 11.5 Å². The van der Waals surface area contributed by atoms with Gasteiger partial charge in [-0.25, -0.2) is 0 Å². The number of rotatable bonds is 4. The van der Waals surface area contributed by atoms with Crippen LogP contribution in [0.3, 0.4) is 0 Å². The predicted octanol–water partition coefficient (Wildman–Crippen LogP) is 2.92.